The van der Waals surface area contributed by atoms with Crippen molar-refractivity contribution in [3.05, 3.63) is 95.6 Å². The first-order valence-electron chi connectivity index (χ1n) is 9.41. The van der Waals surface area contributed by atoms with E-state index in [0.29, 0.717) is 17.9 Å². The molecule has 0 aromatic heterocycles. The lowest BCUT2D eigenvalue weighted by Gasteiger charge is -2.18. The molecule has 0 unspecified atom stereocenters. The van der Waals surface area contributed by atoms with Gasteiger partial charge in [0.1, 0.15) is 18.1 Å². The quantitative estimate of drug-likeness (QED) is 0.592. The second-order valence-electron chi connectivity index (χ2n) is 6.51. The number of hydrogen-bond donors (Lipinski definition) is 1. The number of hydrogen-bond acceptors (Lipinski definition) is 3. The summed E-state index contributed by atoms with van der Waals surface area (Å²) in [4.78, 5) is 12.7. The molecule has 0 spiro atoms. The van der Waals surface area contributed by atoms with Crippen molar-refractivity contribution in [3.63, 3.8) is 0 Å². The second kappa shape index (κ2) is 9.60. The molecule has 4 nitrogen and oxygen atoms in total. The van der Waals surface area contributed by atoms with E-state index >= 15 is 0 Å². The summed E-state index contributed by atoms with van der Waals surface area (Å²) in [7, 11) is 1.64. The van der Waals surface area contributed by atoms with Gasteiger partial charge in [0, 0.05) is 5.56 Å². The molecule has 1 amide bonds. The Bertz CT molecular complexity index is 891. The Hall–Kier alpha value is -3.27. The predicted molar refractivity (Wildman–Crippen MR) is 111 cm³/mol. The van der Waals surface area contributed by atoms with E-state index in [1.54, 1.807) is 19.2 Å². The third-order valence-electron chi connectivity index (χ3n) is 4.58. The molecule has 3 aromatic rings. The van der Waals surface area contributed by atoms with Crippen molar-refractivity contribution in [1.29, 1.82) is 0 Å². The summed E-state index contributed by atoms with van der Waals surface area (Å²) >= 11 is 0. The van der Waals surface area contributed by atoms with Crippen LogP contribution >= 0.6 is 0 Å². The molecular weight excluding hydrogens is 350 g/mol. The molecule has 28 heavy (non-hydrogen) atoms. The number of ether oxygens (including phenoxy) is 2. The highest BCUT2D eigenvalue weighted by atomic mass is 16.5. The van der Waals surface area contributed by atoms with Crippen molar-refractivity contribution in [3.8, 4) is 11.5 Å². The van der Waals surface area contributed by atoms with Crippen molar-refractivity contribution in [2.75, 3.05) is 7.11 Å². The van der Waals surface area contributed by atoms with Crippen LogP contribution in [0.1, 0.15) is 40.9 Å². The number of carbonyl (C=O) groups is 1. The van der Waals surface area contributed by atoms with Crippen LogP contribution in [0.15, 0.2) is 78.9 Å². The highest BCUT2D eigenvalue weighted by Gasteiger charge is 2.15. The van der Waals surface area contributed by atoms with Gasteiger partial charge in [-0.15, -0.1) is 0 Å². The third kappa shape index (κ3) is 5.13. The highest BCUT2D eigenvalue weighted by Crippen LogP contribution is 2.21. The predicted octanol–water partition coefficient (Wildman–Crippen LogP) is 5.16. The van der Waals surface area contributed by atoms with Crippen LogP contribution in [0.5, 0.6) is 11.5 Å². The fourth-order valence-corrected chi connectivity index (χ4v) is 2.97. The normalized spacial score (nSPS) is 11.5. The summed E-state index contributed by atoms with van der Waals surface area (Å²) in [6.45, 7) is 2.52. The minimum absolute atomic E-state index is 0.0627. The van der Waals surface area contributed by atoms with Gasteiger partial charge in [-0.2, -0.15) is 0 Å². The average molecular weight is 375 g/mol. The molecule has 144 valence electrons. The van der Waals surface area contributed by atoms with E-state index in [4.69, 9.17) is 9.47 Å². The lowest BCUT2D eigenvalue weighted by Crippen LogP contribution is -2.28. The molecule has 3 rings (SSSR count). The molecule has 0 saturated carbocycles. The van der Waals surface area contributed by atoms with Crippen LogP contribution in [0.4, 0.5) is 0 Å². The van der Waals surface area contributed by atoms with Crippen LogP contribution in [0.25, 0.3) is 0 Å². The van der Waals surface area contributed by atoms with E-state index in [1.165, 1.54) is 0 Å². The first-order chi connectivity index (χ1) is 13.7. The Morgan fingerprint density at radius 3 is 2.36 bits per heavy atom. The molecular formula is C24H25NO3. The lowest BCUT2D eigenvalue weighted by molar-refractivity contribution is 0.0935. The Kier molecular flexibility index (Phi) is 6.68. The molecule has 0 radical (unpaired) electrons. The standard InChI is InChI=1S/C24H25NO3/c1-3-23(19-12-14-21(27-2)15-13-19)25-24(26)20-10-7-11-22(16-20)28-17-18-8-5-4-6-9-18/h4-16,23H,3,17H2,1-2H3,(H,25,26)/t23-/m0/s1. The van der Waals surface area contributed by atoms with Gasteiger partial charge in [-0.25, -0.2) is 0 Å². The van der Waals surface area contributed by atoms with Crippen LogP contribution in [-0.2, 0) is 6.61 Å². The molecule has 4 heteroatoms. The first-order valence-corrected chi connectivity index (χ1v) is 9.41. The summed E-state index contributed by atoms with van der Waals surface area (Å²) in [5.74, 6) is 1.36. The molecule has 1 atom stereocenters. The third-order valence-corrected chi connectivity index (χ3v) is 4.58. The minimum Gasteiger partial charge on any atom is -0.497 e. The molecule has 0 aliphatic heterocycles. The maximum atomic E-state index is 12.7. The van der Waals surface area contributed by atoms with Gasteiger partial charge in [-0.1, -0.05) is 55.5 Å². The number of methoxy groups -OCH3 is 1. The summed E-state index contributed by atoms with van der Waals surface area (Å²) in [6, 6.07) is 24.9. The average Bonchev–Trinajstić information content (AvgIpc) is 2.77. The molecule has 0 aliphatic rings. The van der Waals surface area contributed by atoms with E-state index in [-0.39, 0.29) is 11.9 Å². The highest BCUT2D eigenvalue weighted by molar-refractivity contribution is 5.94. The van der Waals surface area contributed by atoms with E-state index in [2.05, 4.69) is 12.2 Å². The van der Waals surface area contributed by atoms with Crippen molar-refractivity contribution < 1.29 is 14.3 Å². The SMILES string of the molecule is CC[C@H](NC(=O)c1cccc(OCc2ccccc2)c1)c1ccc(OC)cc1. The van der Waals surface area contributed by atoms with Crippen molar-refractivity contribution in [1.82, 2.24) is 5.32 Å². The maximum absolute atomic E-state index is 12.7. The Morgan fingerprint density at radius 2 is 1.68 bits per heavy atom. The monoisotopic (exact) mass is 375 g/mol. The Balaban J connectivity index is 1.65. The van der Waals surface area contributed by atoms with Crippen molar-refractivity contribution in [2.24, 2.45) is 0 Å². The fourth-order valence-electron chi connectivity index (χ4n) is 2.97. The van der Waals surface area contributed by atoms with Crippen molar-refractivity contribution >= 4 is 5.91 Å². The maximum Gasteiger partial charge on any atom is 0.251 e. The minimum atomic E-state index is -0.118. The first kappa shape index (κ1) is 19.5. The van der Waals surface area contributed by atoms with Gasteiger partial charge in [0.15, 0.2) is 0 Å². The van der Waals surface area contributed by atoms with Gasteiger partial charge in [-0.05, 0) is 47.9 Å². The van der Waals surface area contributed by atoms with E-state index in [9.17, 15) is 4.79 Å². The Morgan fingerprint density at radius 1 is 0.929 bits per heavy atom. The summed E-state index contributed by atoms with van der Waals surface area (Å²) in [5, 5.41) is 3.10. The van der Waals surface area contributed by atoms with Gasteiger partial charge >= 0.3 is 0 Å². The smallest absolute Gasteiger partial charge is 0.251 e. The van der Waals surface area contributed by atoms with E-state index in [0.717, 1.165) is 23.3 Å². The summed E-state index contributed by atoms with van der Waals surface area (Å²) < 4.78 is 11.0. The number of benzene rings is 3. The van der Waals surface area contributed by atoms with Gasteiger partial charge in [0.2, 0.25) is 0 Å². The molecule has 1 N–H and O–H groups in total. The van der Waals surface area contributed by atoms with Gasteiger partial charge < -0.3 is 14.8 Å². The van der Waals surface area contributed by atoms with Crippen molar-refractivity contribution in [2.45, 2.75) is 26.0 Å². The number of rotatable bonds is 8. The zero-order valence-electron chi connectivity index (χ0n) is 16.2. The fraction of sp³-hybridized carbons (Fsp3) is 0.208. The molecule has 0 heterocycles. The van der Waals surface area contributed by atoms with Crippen LogP contribution in [0, 0.1) is 0 Å². The number of carbonyl (C=O) groups excluding carboxylic acids is 1. The molecule has 3 aromatic carbocycles. The largest absolute Gasteiger partial charge is 0.497 e. The summed E-state index contributed by atoms with van der Waals surface area (Å²) in [5.41, 5.74) is 2.72. The van der Waals surface area contributed by atoms with Gasteiger partial charge in [0.25, 0.3) is 5.91 Å². The molecule has 0 aliphatic carbocycles. The summed E-state index contributed by atoms with van der Waals surface area (Å²) in [6.07, 6.45) is 0.794. The lowest BCUT2D eigenvalue weighted by atomic mass is 10.0. The van der Waals surface area contributed by atoms with Gasteiger partial charge in [0.05, 0.1) is 13.2 Å². The zero-order chi connectivity index (χ0) is 19.8. The van der Waals surface area contributed by atoms with Crippen LogP contribution < -0.4 is 14.8 Å². The van der Waals surface area contributed by atoms with E-state index < -0.39 is 0 Å². The molecule has 0 bridgehead atoms. The zero-order valence-corrected chi connectivity index (χ0v) is 16.2. The van der Waals surface area contributed by atoms with Crippen LogP contribution in [0.2, 0.25) is 0 Å². The van der Waals surface area contributed by atoms with Gasteiger partial charge in [-0.3, -0.25) is 4.79 Å². The van der Waals surface area contributed by atoms with E-state index in [1.807, 2.05) is 66.7 Å². The number of amides is 1. The Labute approximate surface area is 166 Å². The molecule has 0 saturated heterocycles. The topological polar surface area (TPSA) is 47.6 Å². The van der Waals surface area contributed by atoms with Crippen LogP contribution in [-0.4, -0.2) is 13.0 Å². The second-order valence-corrected chi connectivity index (χ2v) is 6.51. The molecule has 0 fully saturated rings. The van der Waals surface area contributed by atoms with Crippen LogP contribution in [0.3, 0.4) is 0 Å². The number of nitrogens with one attached hydrogen (secondary N) is 1.